The average Bonchev–Trinajstić information content (AvgIpc) is 2.96. The van der Waals surface area contributed by atoms with Crippen molar-refractivity contribution in [3.8, 4) is 0 Å². The largest absolute Gasteiger partial charge is 0.480 e. The first-order chi connectivity index (χ1) is 11.4. The molecule has 1 aromatic carbocycles. The highest BCUT2D eigenvalue weighted by molar-refractivity contribution is 5.72. The monoisotopic (exact) mass is 335 g/mol. The Morgan fingerprint density at radius 2 is 2.21 bits per heavy atom. The Labute approximate surface area is 135 Å². The van der Waals surface area contributed by atoms with Gasteiger partial charge in [-0.25, -0.2) is 18.6 Å². The molecule has 1 atom stereocenters. The lowest BCUT2D eigenvalue weighted by molar-refractivity contribution is -0.140. The molecular formula is C16H15F2N3O3. The molecule has 2 heterocycles. The number of fused-ring (bicyclic) bond motifs is 1. The Morgan fingerprint density at radius 3 is 2.92 bits per heavy atom. The van der Waals surface area contributed by atoms with E-state index in [2.05, 4.69) is 10.3 Å². The molecule has 0 saturated heterocycles. The molecule has 126 valence electrons. The van der Waals surface area contributed by atoms with Crippen molar-refractivity contribution in [2.24, 2.45) is 0 Å². The maximum absolute atomic E-state index is 13.8. The fraction of sp³-hybridized carbons (Fsp3) is 0.312. The van der Waals surface area contributed by atoms with Crippen molar-refractivity contribution in [2.75, 3.05) is 5.32 Å². The molecule has 3 rings (SSSR count). The third-order valence-corrected chi connectivity index (χ3v) is 4.04. The maximum Gasteiger partial charge on any atom is 0.326 e. The van der Waals surface area contributed by atoms with Gasteiger partial charge in [0.1, 0.15) is 6.04 Å². The summed E-state index contributed by atoms with van der Waals surface area (Å²) in [6.45, 7) is 1.50. The van der Waals surface area contributed by atoms with Crippen LogP contribution in [0.25, 0.3) is 0 Å². The topological polar surface area (TPSA) is 84.2 Å². The molecule has 0 fully saturated rings. The van der Waals surface area contributed by atoms with E-state index in [1.807, 2.05) is 0 Å². The number of benzene rings is 1. The number of hydrogen-bond acceptors (Lipinski definition) is 4. The third-order valence-electron chi connectivity index (χ3n) is 4.04. The SMILES string of the molecule is Cc1cc(F)c(F)c(CNc2ncc3n(c2=O)[C@H](C(=O)O)CC3)c1. The molecule has 0 aliphatic carbocycles. The summed E-state index contributed by atoms with van der Waals surface area (Å²) in [6.07, 6.45) is 2.21. The number of anilines is 1. The lowest BCUT2D eigenvalue weighted by Crippen LogP contribution is -2.30. The van der Waals surface area contributed by atoms with Crippen molar-refractivity contribution in [3.05, 3.63) is 57.1 Å². The third kappa shape index (κ3) is 2.75. The highest BCUT2D eigenvalue weighted by atomic mass is 19.2. The number of carboxylic acids is 1. The van der Waals surface area contributed by atoms with Gasteiger partial charge in [-0.3, -0.25) is 9.36 Å². The Morgan fingerprint density at radius 1 is 1.46 bits per heavy atom. The fourth-order valence-electron chi connectivity index (χ4n) is 2.90. The summed E-state index contributed by atoms with van der Waals surface area (Å²) in [7, 11) is 0. The smallest absolute Gasteiger partial charge is 0.326 e. The molecule has 24 heavy (non-hydrogen) atoms. The van der Waals surface area contributed by atoms with Crippen LogP contribution in [0.15, 0.2) is 23.1 Å². The van der Waals surface area contributed by atoms with Gasteiger partial charge >= 0.3 is 5.97 Å². The Kier molecular flexibility index (Phi) is 4.04. The summed E-state index contributed by atoms with van der Waals surface area (Å²) in [5.74, 6) is -3.12. The van der Waals surface area contributed by atoms with Crippen molar-refractivity contribution in [1.29, 1.82) is 0 Å². The summed E-state index contributed by atoms with van der Waals surface area (Å²) in [5, 5.41) is 11.9. The molecule has 2 aromatic rings. The lowest BCUT2D eigenvalue weighted by Gasteiger charge is -2.12. The maximum atomic E-state index is 13.8. The first kappa shape index (κ1) is 16.1. The molecule has 0 bridgehead atoms. The van der Waals surface area contributed by atoms with Gasteiger partial charge in [-0.2, -0.15) is 0 Å². The van der Waals surface area contributed by atoms with Crippen molar-refractivity contribution >= 4 is 11.8 Å². The van der Waals surface area contributed by atoms with Gasteiger partial charge < -0.3 is 10.4 Å². The number of hydrogen-bond donors (Lipinski definition) is 2. The second-order valence-corrected chi connectivity index (χ2v) is 5.74. The number of halogens is 2. The molecule has 6 nitrogen and oxygen atoms in total. The first-order valence-electron chi connectivity index (χ1n) is 7.40. The minimum atomic E-state index is -1.08. The summed E-state index contributed by atoms with van der Waals surface area (Å²) >= 11 is 0. The number of aliphatic carboxylic acids is 1. The van der Waals surface area contributed by atoms with Crippen LogP contribution in [-0.2, 0) is 17.8 Å². The van der Waals surface area contributed by atoms with Crippen molar-refractivity contribution < 1.29 is 18.7 Å². The van der Waals surface area contributed by atoms with Crippen LogP contribution in [0.5, 0.6) is 0 Å². The number of carboxylic acid groups (broad SMARTS) is 1. The predicted octanol–water partition coefficient (Wildman–Crippen LogP) is 2.01. The molecule has 2 N–H and O–H groups in total. The fourth-order valence-corrected chi connectivity index (χ4v) is 2.90. The van der Waals surface area contributed by atoms with E-state index in [1.54, 1.807) is 6.92 Å². The molecule has 8 heteroatoms. The zero-order valence-corrected chi connectivity index (χ0v) is 12.8. The molecular weight excluding hydrogens is 320 g/mol. The van der Waals surface area contributed by atoms with Crippen molar-refractivity contribution in [1.82, 2.24) is 9.55 Å². The van der Waals surface area contributed by atoms with E-state index in [4.69, 9.17) is 0 Å². The van der Waals surface area contributed by atoms with Gasteiger partial charge in [0, 0.05) is 24.0 Å². The summed E-state index contributed by atoms with van der Waals surface area (Å²) in [4.78, 5) is 27.6. The van der Waals surface area contributed by atoms with Gasteiger partial charge in [-0.15, -0.1) is 0 Å². The van der Waals surface area contributed by atoms with E-state index >= 15 is 0 Å². The van der Waals surface area contributed by atoms with Gasteiger partial charge in [0.05, 0.1) is 0 Å². The summed E-state index contributed by atoms with van der Waals surface area (Å²) < 4.78 is 28.4. The van der Waals surface area contributed by atoms with E-state index < -0.39 is 29.2 Å². The highest BCUT2D eigenvalue weighted by Gasteiger charge is 2.30. The van der Waals surface area contributed by atoms with E-state index in [-0.39, 0.29) is 17.9 Å². The number of aromatic nitrogens is 2. The van der Waals surface area contributed by atoms with E-state index in [0.29, 0.717) is 24.1 Å². The van der Waals surface area contributed by atoms with Crippen LogP contribution in [0, 0.1) is 18.6 Å². The number of carbonyl (C=O) groups is 1. The van der Waals surface area contributed by atoms with Crippen LogP contribution in [0.2, 0.25) is 0 Å². The Bertz CT molecular complexity index is 880. The minimum absolute atomic E-state index is 0.0639. The molecule has 0 unspecified atom stereocenters. The van der Waals surface area contributed by atoms with Gasteiger partial charge in [0.15, 0.2) is 17.5 Å². The number of nitrogens with zero attached hydrogens (tertiary/aromatic N) is 2. The average molecular weight is 335 g/mol. The summed E-state index contributed by atoms with van der Waals surface area (Å²) in [6, 6.07) is 1.62. The van der Waals surface area contributed by atoms with Crippen LogP contribution in [-0.4, -0.2) is 20.6 Å². The van der Waals surface area contributed by atoms with Crippen LogP contribution in [0.4, 0.5) is 14.6 Å². The second-order valence-electron chi connectivity index (χ2n) is 5.74. The number of aryl methyl sites for hydroxylation is 2. The second kappa shape index (κ2) is 6.03. The Hall–Kier alpha value is -2.77. The van der Waals surface area contributed by atoms with E-state index in [1.165, 1.54) is 16.8 Å². The molecule has 1 aliphatic heterocycles. The lowest BCUT2D eigenvalue weighted by atomic mass is 10.1. The van der Waals surface area contributed by atoms with Crippen LogP contribution >= 0.6 is 0 Å². The molecule has 0 saturated carbocycles. The zero-order chi connectivity index (χ0) is 17.4. The zero-order valence-electron chi connectivity index (χ0n) is 12.8. The quantitative estimate of drug-likeness (QED) is 0.893. The van der Waals surface area contributed by atoms with E-state index in [0.717, 1.165) is 6.07 Å². The van der Waals surface area contributed by atoms with Gasteiger partial charge in [0.2, 0.25) is 0 Å². The van der Waals surface area contributed by atoms with Gasteiger partial charge in [0.25, 0.3) is 5.56 Å². The molecule has 1 aromatic heterocycles. The standard InChI is InChI=1S/C16H15F2N3O3/c1-8-4-9(13(18)11(17)5-8)6-19-14-15(22)21-10(7-20-14)2-3-12(21)16(23)24/h4-5,7,12H,2-3,6H2,1H3,(H,19,20)(H,23,24)/t12-/m0/s1. The highest BCUT2D eigenvalue weighted by Crippen LogP contribution is 2.24. The predicted molar refractivity (Wildman–Crippen MR) is 81.9 cm³/mol. The first-order valence-corrected chi connectivity index (χ1v) is 7.40. The van der Waals surface area contributed by atoms with Crippen LogP contribution in [0.1, 0.15) is 29.3 Å². The molecule has 0 amide bonds. The normalized spacial score (nSPS) is 16.0. The van der Waals surface area contributed by atoms with Crippen LogP contribution < -0.4 is 10.9 Å². The number of rotatable bonds is 4. The Balaban J connectivity index is 1.89. The number of nitrogens with one attached hydrogen (secondary N) is 1. The van der Waals surface area contributed by atoms with Gasteiger partial charge in [-0.1, -0.05) is 6.07 Å². The molecule has 1 aliphatic rings. The summed E-state index contributed by atoms with van der Waals surface area (Å²) in [5.41, 5.74) is 0.584. The van der Waals surface area contributed by atoms with Crippen molar-refractivity contribution in [3.63, 3.8) is 0 Å². The molecule has 0 radical (unpaired) electrons. The van der Waals surface area contributed by atoms with Gasteiger partial charge in [-0.05, 0) is 31.4 Å². The van der Waals surface area contributed by atoms with E-state index in [9.17, 15) is 23.5 Å². The minimum Gasteiger partial charge on any atom is -0.480 e. The van der Waals surface area contributed by atoms with Crippen molar-refractivity contribution in [2.45, 2.75) is 32.4 Å². The molecule has 0 spiro atoms. The van der Waals surface area contributed by atoms with Crippen LogP contribution in [0.3, 0.4) is 0 Å².